The minimum absolute atomic E-state index is 0.0222. The second-order valence-electron chi connectivity index (χ2n) is 15.2. The van der Waals surface area contributed by atoms with Crippen LogP contribution in [0.15, 0.2) is 206 Å². The summed E-state index contributed by atoms with van der Waals surface area (Å²) in [6, 6.07) is 72.7. The number of methoxy groups -OCH3 is 1. The maximum Gasteiger partial charge on any atom is 0.123 e. The number of alkyl halides is 2. The summed E-state index contributed by atoms with van der Waals surface area (Å²) in [6.07, 6.45) is 1.58. The van der Waals surface area contributed by atoms with Crippen molar-refractivity contribution in [2.45, 2.75) is 12.3 Å². The average Bonchev–Trinajstić information content (AvgIpc) is 3.35. The van der Waals surface area contributed by atoms with Gasteiger partial charge in [-0.15, -0.1) is 0 Å². The van der Waals surface area contributed by atoms with Gasteiger partial charge < -0.3 is 14.2 Å². The van der Waals surface area contributed by atoms with Crippen molar-refractivity contribution in [2.75, 3.05) is 33.7 Å². The van der Waals surface area contributed by atoms with Crippen LogP contribution in [0, 0.1) is 0 Å². The highest BCUT2D eigenvalue weighted by Crippen LogP contribution is 2.60. The number of halogens is 3. The molecular weight excluding hydrogens is 844 g/mol. The van der Waals surface area contributed by atoms with Crippen LogP contribution in [-0.2, 0) is 12.3 Å². The molecule has 316 valence electrons. The number of rotatable bonds is 18. The summed E-state index contributed by atoms with van der Waals surface area (Å²) in [7, 11) is -2.91. The first-order valence-electron chi connectivity index (χ1n) is 21.0. The molecule has 8 aromatic carbocycles. The summed E-state index contributed by atoms with van der Waals surface area (Å²) >= 11 is 6.38. The molecule has 0 radical (unpaired) electrons. The standard InChI is InChI=1S/C55H49ClF2O3P2/c1-59-47-22-14-43(15-23-47)41-63(51-10-6-3-7-11-51,55-34-26-49(27-35-55)61-39-37-58)53-30-18-45(19-31-53)44-16-28-52(29-17-44)62(50-8-4-2-5-9-50,40-42-12-20-46(56)21-13-42)54-32-24-48(25-33-54)60-38-36-57/h2-35H,36-41H2,1H3/q+2. The van der Waals surface area contributed by atoms with Gasteiger partial charge in [0.15, 0.2) is 0 Å². The van der Waals surface area contributed by atoms with Gasteiger partial charge >= 0.3 is 0 Å². The monoisotopic (exact) mass is 892 g/mol. The molecule has 0 fully saturated rings. The second kappa shape index (κ2) is 20.6. The molecule has 63 heavy (non-hydrogen) atoms. The van der Waals surface area contributed by atoms with E-state index in [1.807, 2.05) is 48.5 Å². The number of hydrogen-bond acceptors (Lipinski definition) is 3. The zero-order valence-corrected chi connectivity index (χ0v) is 37.7. The fraction of sp³-hybridized carbons (Fsp3) is 0.127. The normalized spacial score (nSPS) is 13.1. The van der Waals surface area contributed by atoms with Crippen molar-refractivity contribution >= 4 is 58.0 Å². The van der Waals surface area contributed by atoms with Crippen molar-refractivity contribution in [3.05, 3.63) is 222 Å². The Kier molecular flexibility index (Phi) is 14.3. The summed E-state index contributed by atoms with van der Waals surface area (Å²) in [5, 5.41) is 8.13. The van der Waals surface area contributed by atoms with Crippen LogP contribution in [0.5, 0.6) is 17.2 Å². The fourth-order valence-corrected chi connectivity index (χ4v) is 16.9. The molecule has 0 bridgehead atoms. The molecule has 0 N–H and O–H groups in total. The van der Waals surface area contributed by atoms with Crippen molar-refractivity contribution < 1.29 is 23.0 Å². The molecular formula is C55H49ClF2O3P2+2. The third kappa shape index (κ3) is 9.73. The molecule has 3 nitrogen and oxygen atoms in total. The zero-order chi connectivity index (χ0) is 43.5. The van der Waals surface area contributed by atoms with Crippen molar-refractivity contribution in [1.29, 1.82) is 0 Å². The summed E-state index contributed by atoms with van der Waals surface area (Å²) in [6.45, 7) is -1.04. The summed E-state index contributed by atoms with van der Waals surface area (Å²) in [5.74, 6) is 2.12. The Morgan fingerprint density at radius 1 is 0.381 bits per heavy atom. The Labute approximate surface area is 376 Å². The van der Waals surface area contributed by atoms with Crippen molar-refractivity contribution in [3.63, 3.8) is 0 Å². The average molecular weight is 893 g/mol. The first-order chi connectivity index (χ1) is 30.9. The first kappa shape index (κ1) is 43.8. The van der Waals surface area contributed by atoms with Crippen LogP contribution in [0.25, 0.3) is 11.1 Å². The predicted molar refractivity (Wildman–Crippen MR) is 264 cm³/mol. The van der Waals surface area contributed by atoms with Gasteiger partial charge in [0.25, 0.3) is 0 Å². The van der Waals surface area contributed by atoms with Gasteiger partial charge in [0, 0.05) is 5.02 Å². The Balaban J connectivity index is 1.21. The van der Waals surface area contributed by atoms with Crippen LogP contribution in [0.1, 0.15) is 11.1 Å². The van der Waals surface area contributed by atoms with Gasteiger partial charge in [-0.3, -0.25) is 0 Å². The van der Waals surface area contributed by atoms with Gasteiger partial charge in [-0.05, 0) is 144 Å². The SMILES string of the molecule is COc1ccc(C[P+](c2ccccc2)(c2ccc(OCCF)cc2)c2ccc(-c3ccc([P+](Cc4ccc(Cl)cc4)(c4ccccc4)c4ccc(OCCF)cc4)cc3)cc2)cc1. The Morgan fingerprint density at radius 2 is 0.698 bits per heavy atom. The van der Waals surface area contributed by atoms with E-state index in [9.17, 15) is 8.78 Å². The highest BCUT2D eigenvalue weighted by Gasteiger charge is 2.47. The van der Waals surface area contributed by atoms with Crippen LogP contribution < -0.4 is 46.0 Å². The molecule has 0 saturated heterocycles. The molecule has 8 heteroatoms. The maximum absolute atomic E-state index is 13.0. The molecule has 0 aliphatic heterocycles. The zero-order valence-electron chi connectivity index (χ0n) is 35.1. The lowest BCUT2D eigenvalue weighted by atomic mass is 10.1. The van der Waals surface area contributed by atoms with E-state index in [4.69, 9.17) is 25.8 Å². The minimum atomic E-state index is -2.30. The minimum Gasteiger partial charge on any atom is -0.497 e. The molecule has 2 atom stereocenters. The van der Waals surface area contributed by atoms with Gasteiger partial charge in [0.05, 0.1) is 19.4 Å². The van der Waals surface area contributed by atoms with Gasteiger partial charge in [-0.2, -0.15) is 0 Å². The van der Waals surface area contributed by atoms with E-state index in [1.54, 1.807) is 7.11 Å². The van der Waals surface area contributed by atoms with E-state index in [2.05, 4.69) is 158 Å². The van der Waals surface area contributed by atoms with E-state index < -0.39 is 27.9 Å². The quantitative estimate of drug-likeness (QED) is 0.0804. The van der Waals surface area contributed by atoms with Gasteiger partial charge in [-0.25, -0.2) is 8.78 Å². The Bertz CT molecular complexity index is 2650. The molecule has 0 heterocycles. The van der Waals surface area contributed by atoms with Gasteiger partial charge in [-0.1, -0.05) is 96.5 Å². The molecule has 0 aliphatic rings. The maximum atomic E-state index is 13.0. The van der Waals surface area contributed by atoms with Gasteiger partial charge in [0.2, 0.25) is 0 Å². The third-order valence-electron chi connectivity index (χ3n) is 11.5. The van der Waals surface area contributed by atoms with Gasteiger partial charge in [0.1, 0.15) is 90.2 Å². The summed E-state index contributed by atoms with van der Waals surface area (Å²) in [5.41, 5.74) is 4.63. The lowest BCUT2D eigenvalue weighted by molar-refractivity contribution is 0.273. The highest BCUT2D eigenvalue weighted by molar-refractivity contribution is 7.95. The molecule has 8 rings (SSSR count). The molecule has 8 aromatic rings. The van der Waals surface area contributed by atoms with Crippen molar-refractivity contribution in [2.24, 2.45) is 0 Å². The third-order valence-corrected chi connectivity index (χ3v) is 20.5. The topological polar surface area (TPSA) is 27.7 Å². The van der Waals surface area contributed by atoms with E-state index in [-0.39, 0.29) is 13.2 Å². The lowest BCUT2D eigenvalue weighted by Crippen LogP contribution is -2.32. The molecule has 2 unspecified atom stereocenters. The van der Waals surface area contributed by atoms with Crippen LogP contribution >= 0.6 is 26.1 Å². The number of benzene rings is 8. The Hall–Kier alpha value is -5.83. The van der Waals surface area contributed by atoms with Crippen LogP contribution in [0.2, 0.25) is 5.02 Å². The molecule has 0 saturated carbocycles. The van der Waals surface area contributed by atoms with Crippen molar-refractivity contribution in [1.82, 2.24) is 0 Å². The smallest absolute Gasteiger partial charge is 0.123 e. The lowest BCUT2D eigenvalue weighted by Gasteiger charge is -2.28. The number of ether oxygens (including phenoxy) is 3. The number of hydrogen-bond donors (Lipinski definition) is 0. The van der Waals surface area contributed by atoms with Crippen LogP contribution in [-0.4, -0.2) is 33.7 Å². The van der Waals surface area contributed by atoms with E-state index in [1.165, 1.54) is 43.0 Å². The van der Waals surface area contributed by atoms with Crippen LogP contribution in [0.4, 0.5) is 8.78 Å². The summed E-state index contributed by atoms with van der Waals surface area (Å²) in [4.78, 5) is 0. The van der Waals surface area contributed by atoms with E-state index in [0.717, 1.165) is 29.2 Å². The molecule has 0 amide bonds. The second-order valence-corrected chi connectivity index (χ2v) is 22.6. The highest BCUT2D eigenvalue weighted by atomic mass is 35.5. The first-order valence-corrected chi connectivity index (χ1v) is 25.3. The molecule has 0 aromatic heterocycles. The predicted octanol–water partition coefficient (Wildman–Crippen LogP) is 11.7. The summed E-state index contributed by atoms with van der Waals surface area (Å²) < 4.78 is 42.9. The fourth-order valence-electron chi connectivity index (χ4n) is 8.40. The van der Waals surface area contributed by atoms with E-state index >= 15 is 0 Å². The Morgan fingerprint density at radius 3 is 1.05 bits per heavy atom. The molecule has 0 aliphatic carbocycles. The molecule has 0 spiro atoms. The van der Waals surface area contributed by atoms with E-state index in [0.29, 0.717) is 16.5 Å². The van der Waals surface area contributed by atoms with Crippen LogP contribution in [0.3, 0.4) is 0 Å². The largest absolute Gasteiger partial charge is 0.497 e. The van der Waals surface area contributed by atoms with Crippen molar-refractivity contribution in [3.8, 4) is 28.4 Å².